The van der Waals surface area contributed by atoms with Gasteiger partial charge in [0.05, 0.1) is 5.41 Å². The molecule has 3 aliphatic rings. The SMILES string of the molecule is O=C(O)/C=C/CNC(=O)[C@@]12C[C@@H](NC(=O)OCC3c4ccccc4-c4ccccc43)C[C@@H]1C2. The van der Waals surface area contributed by atoms with E-state index < -0.39 is 17.5 Å². The zero-order valence-electron chi connectivity index (χ0n) is 18.1. The van der Waals surface area contributed by atoms with Crippen LogP contribution >= 0.6 is 0 Å². The van der Waals surface area contributed by atoms with Gasteiger partial charge < -0.3 is 20.5 Å². The van der Waals surface area contributed by atoms with Crippen molar-refractivity contribution in [3.63, 3.8) is 0 Å². The zero-order valence-corrected chi connectivity index (χ0v) is 18.1. The lowest BCUT2D eigenvalue weighted by atomic mass is 9.98. The van der Waals surface area contributed by atoms with Crippen LogP contribution < -0.4 is 10.6 Å². The lowest BCUT2D eigenvalue weighted by Gasteiger charge is -2.19. The third kappa shape index (κ3) is 3.99. The molecular formula is C26H26N2O5. The summed E-state index contributed by atoms with van der Waals surface area (Å²) >= 11 is 0. The van der Waals surface area contributed by atoms with Crippen LogP contribution in [0.25, 0.3) is 11.1 Å². The van der Waals surface area contributed by atoms with Crippen LogP contribution in [0.2, 0.25) is 0 Å². The minimum Gasteiger partial charge on any atom is -0.478 e. The summed E-state index contributed by atoms with van der Waals surface area (Å²) in [7, 11) is 0. The first kappa shape index (κ1) is 21.2. The molecule has 2 aromatic rings. The molecule has 0 aromatic heterocycles. The number of aliphatic carboxylic acids is 1. The van der Waals surface area contributed by atoms with Gasteiger partial charge in [-0.15, -0.1) is 0 Å². The fourth-order valence-electron chi connectivity index (χ4n) is 5.58. The van der Waals surface area contributed by atoms with E-state index in [4.69, 9.17) is 9.84 Å². The lowest BCUT2D eigenvalue weighted by Crippen LogP contribution is -2.38. The molecule has 7 heteroatoms. The molecule has 7 nitrogen and oxygen atoms in total. The normalized spacial score (nSPS) is 24.6. The summed E-state index contributed by atoms with van der Waals surface area (Å²) in [4.78, 5) is 35.7. The number of nitrogens with one attached hydrogen (secondary N) is 2. The van der Waals surface area contributed by atoms with Crippen molar-refractivity contribution in [2.75, 3.05) is 13.2 Å². The highest BCUT2D eigenvalue weighted by molar-refractivity contribution is 5.87. The topological polar surface area (TPSA) is 105 Å². The Morgan fingerprint density at radius 3 is 2.36 bits per heavy atom. The Bertz CT molecular complexity index is 1100. The summed E-state index contributed by atoms with van der Waals surface area (Å²) in [5.74, 6) is -0.852. The molecular weight excluding hydrogens is 420 g/mol. The lowest BCUT2D eigenvalue weighted by molar-refractivity contribution is -0.131. The minimum absolute atomic E-state index is 0.0103. The Hall–Kier alpha value is -3.61. The molecule has 3 aliphatic carbocycles. The minimum atomic E-state index is -1.04. The number of hydrogen-bond donors (Lipinski definition) is 3. The molecule has 170 valence electrons. The molecule has 0 heterocycles. The van der Waals surface area contributed by atoms with Crippen LogP contribution in [0.4, 0.5) is 4.79 Å². The van der Waals surface area contributed by atoms with Gasteiger partial charge in [-0.25, -0.2) is 9.59 Å². The van der Waals surface area contributed by atoms with E-state index in [0.29, 0.717) is 6.42 Å². The number of alkyl carbamates (subject to hydrolysis) is 1. The summed E-state index contributed by atoms with van der Waals surface area (Å²) in [6, 6.07) is 16.3. The van der Waals surface area contributed by atoms with Crippen molar-refractivity contribution in [3.05, 3.63) is 71.8 Å². The van der Waals surface area contributed by atoms with Crippen molar-refractivity contribution >= 4 is 18.0 Å². The van der Waals surface area contributed by atoms with Gasteiger partial charge in [0.25, 0.3) is 0 Å². The van der Waals surface area contributed by atoms with Crippen LogP contribution in [-0.4, -0.2) is 42.3 Å². The molecule has 2 aromatic carbocycles. The highest BCUT2D eigenvalue weighted by Gasteiger charge is 2.65. The number of carboxylic acid groups (broad SMARTS) is 1. The Balaban J connectivity index is 1.14. The molecule has 3 N–H and O–H groups in total. The average Bonchev–Trinajstić information content (AvgIpc) is 3.23. The standard InChI is InChI=1S/C26H26N2O5/c29-23(30)10-5-11-27-24(31)26-13-16(26)12-17(14-26)28-25(32)33-15-22-20-8-3-1-6-18(20)19-7-2-4-9-21(19)22/h1-10,16-17,22H,11-15H2,(H,27,31)(H,28,32)(H,29,30)/b10-5+/t16-,17+,26+/m1/s1. The predicted molar refractivity (Wildman–Crippen MR) is 122 cm³/mol. The largest absolute Gasteiger partial charge is 0.478 e. The van der Waals surface area contributed by atoms with E-state index in [2.05, 4.69) is 34.9 Å². The Kier molecular flexibility index (Phi) is 5.40. The van der Waals surface area contributed by atoms with Gasteiger partial charge >= 0.3 is 12.1 Å². The van der Waals surface area contributed by atoms with Gasteiger partial charge in [0.1, 0.15) is 6.61 Å². The van der Waals surface area contributed by atoms with E-state index in [1.807, 2.05) is 24.3 Å². The van der Waals surface area contributed by atoms with Crippen molar-refractivity contribution < 1.29 is 24.2 Å². The van der Waals surface area contributed by atoms with Crippen LogP contribution in [0.15, 0.2) is 60.7 Å². The number of amides is 2. The maximum Gasteiger partial charge on any atom is 0.407 e. The summed E-state index contributed by atoms with van der Waals surface area (Å²) in [5.41, 5.74) is 4.26. The van der Waals surface area contributed by atoms with Crippen LogP contribution in [0, 0.1) is 11.3 Å². The predicted octanol–water partition coefficient (Wildman–Crippen LogP) is 3.45. The summed E-state index contributed by atoms with van der Waals surface area (Å²) < 4.78 is 5.63. The van der Waals surface area contributed by atoms with Crippen molar-refractivity contribution in [1.82, 2.24) is 10.6 Å². The molecule has 5 rings (SSSR count). The molecule has 2 fully saturated rings. The molecule has 3 atom stereocenters. The van der Waals surface area contributed by atoms with Crippen molar-refractivity contribution in [2.24, 2.45) is 11.3 Å². The summed E-state index contributed by atoms with van der Waals surface area (Å²) in [6.45, 7) is 0.446. The summed E-state index contributed by atoms with van der Waals surface area (Å²) in [5, 5.41) is 14.4. The molecule has 0 radical (unpaired) electrons. The number of fused-ring (bicyclic) bond motifs is 4. The number of carbonyl (C=O) groups is 3. The number of carboxylic acids is 1. The molecule has 0 saturated heterocycles. The highest BCUT2D eigenvalue weighted by atomic mass is 16.5. The van der Waals surface area contributed by atoms with Crippen molar-refractivity contribution in [1.29, 1.82) is 0 Å². The van der Waals surface area contributed by atoms with Crippen LogP contribution in [0.1, 0.15) is 36.3 Å². The third-order valence-electron chi connectivity index (χ3n) is 7.17. The monoisotopic (exact) mass is 446 g/mol. The van der Waals surface area contributed by atoms with E-state index in [1.54, 1.807) is 0 Å². The molecule has 0 spiro atoms. The van der Waals surface area contributed by atoms with Gasteiger partial charge in [-0.3, -0.25) is 4.79 Å². The first-order valence-corrected chi connectivity index (χ1v) is 11.3. The maximum absolute atomic E-state index is 12.6. The second-order valence-electron chi connectivity index (χ2n) is 9.11. The fraction of sp³-hybridized carbons (Fsp3) is 0.346. The van der Waals surface area contributed by atoms with Crippen LogP contribution in [-0.2, 0) is 14.3 Å². The van der Waals surface area contributed by atoms with Crippen LogP contribution in [0.3, 0.4) is 0 Å². The molecule has 2 saturated carbocycles. The smallest absolute Gasteiger partial charge is 0.407 e. The summed E-state index contributed by atoms with van der Waals surface area (Å²) in [6.07, 6.45) is 4.11. The Morgan fingerprint density at radius 1 is 1.03 bits per heavy atom. The van der Waals surface area contributed by atoms with E-state index in [1.165, 1.54) is 28.3 Å². The highest BCUT2D eigenvalue weighted by Crippen LogP contribution is 2.63. The van der Waals surface area contributed by atoms with E-state index in [9.17, 15) is 14.4 Å². The quantitative estimate of drug-likeness (QED) is 0.565. The van der Waals surface area contributed by atoms with Crippen LogP contribution in [0.5, 0.6) is 0 Å². The van der Waals surface area contributed by atoms with Gasteiger partial charge in [-0.05, 0) is 47.4 Å². The van der Waals surface area contributed by atoms with Gasteiger partial charge in [-0.1, -0.05) is 54.6 Å². The average molecular weight is 447 g/mol. The molecule has 33 heavy (non-hydrogen) atoms. The molecule has 0 bridgehead atoms. The fourth-order valence-corrected chi connectivity index (χ4v) is 5.58. The third-order valence-corrected chi connectivity index (χ3v) is 7.17. The van der Waals surface area contributed by atoms with E-state index in [-0.39, 0.29) is 36.9 Å². The maximum atomic E-state index is 12.6. The van der Waals surface area contributed by atoms with Gasteiger partial charge in [-0.2, -0.15) is 0 Å². The number of benzene rings is 2. The van der Waals surface area contributed by atoms with E-state index >= 15 is 0 Å². The van der Waals surface area contributed by atoms with Gasteiger partial charge in [0.15, 0.2) is 0 Å². The number of ether oxygens (including phenoxy) is 1. The molecule has 2 amide bonds. The second-order valence-corrected chi connectivity index (χ2v) is 9.11. The first-order valence-electron chi connectivity index (χ1n) is 11.3. The molecule has 0 aliphatic heterocycles. The van der Waals surface area contributed by atoms with Gasteiger partial charge in [0.2, 0.25) is 5.91 Å². The number of hydrogen-bond acceptors (Lipinski definition) is 4. The number of carbonyl (C=O) groups excluding carboxylic acids is 2. The van der Waals surface area contributed by atoms with Crippen molar-refractivity contribution in [2.45, 2.75) is 31.2 Å². The second kappa shape index (κ2) is 8.39. The van der Waals surface area contributed by atoms with E-state index in [0.717, 1.165) is 18.9 Å². The van der Waals surface area contributed by atoms with Crippen molar-refractivity contribution in [3.8, 4) is 11.1 Å². The first-order chi connectivity index (χ1) is 16.0. The Morgan fingerprint density at radius 2 is 1.70 bits per heavy atom. The zero-order chi connectivity index (χ0) is 23.0. The molecule has 0 unspecified atom stereocenters. The Labute approximate surface area is 191 Å². The number of rotatable bonds is 7. The van der Waals surface area contributed by atoms with Gasteiger partial charge in [0, 0.05) is 24.6 Å².